The zero-order valence-electron chi connectivity index (χ0n) is 20.1. The highest BCUT2D eigenvalue weighted by Crippen LogP contribution is 2.38. The van der Waals surface area contributed by atoms with Crippen LogP contribution >= 0.6 is 23.4 Å². The van der Waals surface area contributed by atoms with Crippen molar-refractivity contribution in [2.24, 2.45) is 4.99 Å². The van der Waals surface area contributed by atoms with Gasteiger partial charge in [0.2, 0.25) is 11.8 Å². The number of amides is 2. The van der Waals surface area contributed by atoms with E-state index in [4.69, 9.17) is 16.6 Å². The molecule has 0 radical (unpaired) electrons. The number of hydrogen-bond acceptors (Lipinski definition) is 4. The van der Waals surface area contributed by atoms with Gasteiger partial charge in [0.25, 0.3) is 0 Å². The van der Waals surface area contributed by atoms with Gasteiger partial charge in [0.05, 0.1) is 11.7 Å². The number of carbonyl (C=O) groups excluding carboxylic acids is 2. The summed E-state index contributed by atoms with van der Waals surface area (Å²) in [5.41, 5.74) is 2.90. The highest BCUT2D eigenvalue weighted by Gasteiger charge is 2.40. The number of nitrogens with zero attached hydrogens (tertiary/aromatic N) is 2. The lowest BCUT2D eigenvalue weighted by Crippen LogP contribution is -2.47. The van der Waals surface area contributed by atoms with Gasteiger partial charge in [-0.15, -0.1) is 0 Å². The van der Waals surface area contributed by atoms with Gasteiger partial charge in [-0.1, -0.05) is 84.0 Å². The molecule has 0 aromatic heterocycles. The molecule has 190 valence electrons. The van der Waals surface area contributed by atoms with Gasteiger partial charge < -0.3 is 5.32 Å². The van der Waals surface area contributed by atoms with E-state index in [-0.39, 0.29) is 18.2 Å². The topological polar surface area (TPSA) is 61.8 Å². The Morgan fingerprint density at radius 3 is 2.05 bits per heavy atom. The van der Waals surface area contributed by atoms with E-state index in [9.17, 15) is 14.0 Å². The van der Waals surface area contributed by atoms with Gasteiger partial charge in [-0.25, -0.2) is 9.38 Å². The molecule has 1 fully saturated rings. The quantitative estimate of drug-likeness (QED) is 0.279. The fraction of sp³-hybridized carbons (Fsp3) is 0.100. The number of nitrogens with one attached hydrogen (secondary N) is 1. The summed E-state index contributed by atoms with van der Waals surface area (Å²) in [5.74, 6) is -0.978. The minimum Gasteiger partial charge on any atom is -0.325 e. The predicted octanol–water partition coefficient (Wildman–Crippen LogP) is 7.23. The summed E-state index contributed by atoms with van der Waals surface area (Å²) in [7, 11) is 0. The first kappa shape index (κ1) is 25.7. The Hall–Kier alpha value is -3.94. The molecule has 0 unspecified atom stereocenters. The summed E-state index contributed by atoms with van der Waals surface area (Å²) < 4.78 is 13.3. The Labute approximate surface area is 229 Å². The first-order chi connectivity index (χ1) is 18.5. The molecule has 1 atom stereocenters. The van der Waals surface area contributed by atoms with E-state index >= 15 is 0 Å². The first-order valence-corrected chi connectivity index (χ1v) is 13.2. The summed E-state index contributed by atoms with van der Waals surface area (Å²) in [5, 5.41) is 3.04. The molecular weight excluding hydrogens is 521 g/mol. The second-order valence-electron chi connectivity index (χ2n) is 8.67. The molecule has 0 spiro atoms. The summed E-state index contributed by atoms with van der Waals surface area (Å²) in [6, 6.07) is 31.5. The number of aliphatic imine (C=N–C) groups is 1. The minimum atomic E-state index is -0.720. The summed E-state index contributed by atoms with van der Waals surface area (Å²) in [4.78, 5) is 33.5. The number of benzene rings is 4. The van der Waals surface area contributed by atoms with Crippen LogP contribution in [0.1, 0.15) is 23.6 Å². The second-order valence-corrected chi connectivity index (χ2v) is 10.3. The van der Waals surface area contributed by atoms with Crippen molar-refractivity contribution >= 4 is 51.7 Å². The average Bonchev–Trinajstić information content (AvgIpc) is 2.94. The number of anilines is 1. The molecule has 0 saturated carbocycles. The van der Waals surface area contributed by atoms with E-state index in [1.807, 2.05) is 60.7 Å². The van der Waals surface area contributed by atoms with Crippen LogP contribution in [-0.2, 0) is 9.59 Å². The maximum Gasteiger partial charge on any atom is 0.238 e. The SMILES string of the molecule is O=C(Nc1ccc(F)cc1)[C@@H]1CC(=O)N(C(c2ccccc2)c2ccccc2)C(=Nc2ccc(Cl)cc2)S1. The smallest absolute Gasteiger partial charge is 0.238 e. The Balaban J connectivity index is 1.54. The van der Waals surface area contributed by atoms with E-state index in [0.29, 0.717) is 21.6 Å². The number of halogens is 2. The van der Waals surface area contributed by atoms with Crippen LogP contribution in [0.25, 0.3) is 0 Å². The number of thioether (sulfide) groups is 1. The van der Waals surface area contributed by atoms with Gasteiger partial charge in [-0.2, -0.15) is 0 Å². The molecule has 0 bridgehead atoms. The number of hydrogen-bond donors (Lipinski definition) is 1. The van der Waals surface area contributed by atoms with Crippen LogP contribution < -0.4 is 5.32 Å². The molecule has 1 aliphatic heterocycles. The van der Waals surface area contributed by atoms with Gasteiger partial charge in [0, 0.05) is 17.1 Å². The Morgan fingerprint density at radius 1 is 0.895 bits per heavy atom. The monoisotopic (exact) mass is 543 g/mol. The molecular formula is C30H23ClFN3O2S. The molecule has 5 rings (SSSR count). The number of carbonyl (C=O) groups is 2. The normalized spacial score (nSPS) is 16.6. The molecule has 1 heterocycles. The fourth-order valence-corrected chi connectivity index (χ4v) is 5.46. The average molecular weight is 544 g/mol. The van der Waals surface area contributed by atoms with Gasteiger partial charge in [0.15, 0.2) is 5.17 Å². The van der Waals surface area contributed by atoms with E-state index in [0.717, 1.165) is 11.1 Å². The minimum absolute atomic E-state index is 0.0203. The van der Waals surface area contributed by atoms with E-state index in [2.05, 4.69) is 5.32 Å². The predicted molar refractivity (Wildman–Crippen MR) is 151 cm³/mol. The van der Waals surface area contributed by atoms with Crippen LogP contribution in [0.2, 0.25) is 5.02 Å². The van der Waals surface area contributed by atoms with Crippen molar-refractivity contribution in [1.82, 2.24) is 4.90 Å². The maximum atomic E-state index is 13.8. The third kappa shape index (κ3) is 5.96. The number of amidine groups is 1. The van der Waals surface area contributed by atoms with E-state index in [1.165, 1.54) is 36.0 Å². The summed E-state index contributed by atoms with van der Waals surface area (Å²) in [6.07, 6.45) is -0.0203. The van der Waals surface area contributed by atoms with E-state index in [1.54, 1.807) is 29.2 Å². The van der Waals surface area contributed by atoms with Gasteiger partial charge >= 0.3 is 0 Å². The molecule has 1 saturated heterocycles. The molecule has 38 heavy (non-hydrogen) atoms. The van der Waals surface area contributed by atoms with Gasteiger partial charge in [0.1, 0.15) is 11.1 Å². The molecule has 8 heteroatoms. The highest BCUT2D eigenvalue weighted by atomic mass is 35.5. The van der Waals surface area contributed by atoms with Crippen LogP contribution in [0.15, 0.2) is 114 Å². The molecule has 2 amide bonds. The fourth-order valence-electron chi connectivity index (χ4n) is 4.21. The van der Waals surface area contributed by atoms with Gasteiger partial charge in [-0.05, 0) is 59.7 Å². The van der Waals surface area contributed by atoms with Crippen LogP contribution in [0.4, 0.5) is 15.8 Å². The van der Waals surface area contributed by atoms with Crippen molar-refractivity contribution in [3.8, 4) is 0 Å². The van der Waals surface area contributed by atoms with Crippen LogP contribution in [0.3, 0.4) is 0 Å². The molecule has 5 nitrogen and oxygen atoms in total. The summed E-state index contributed by atoms with van der Waals surface area (Å²) >= 11 is 7.30. The zero-order chi connectivity index (χ0) is 26.5. The molecule has 1 aliphatic rings. The van der Waals surface area contributed by atoms with Crippen LogP contribution in [0, 0.1) is 5.82 Å². The third-order valence-corrected chi connectivity index (χ3v) is 7.44. The van der Waals surface area contributed by atoms with Crippen LogP contribution in [0.5, 0.6) is 0 Å². The first-order valence-electron chi connectivity index (χ1n) is 12.0. The van der Waals surface area contributed by atoms with Crippen molar-refractivity contribution in [2.75, 3.05) is 5.32 Å². The lowest BCUT2D eigenvalue weighted by molar-refractivity contribution is -0.130. The highest BCUT2D eigenvalue weighted by molar-refractivity contribution is 8.15. The molecule has 0 aliphatic carbocycles. The zero-order valence-corrected chi connectivity index (χ0v) is 21.7. The third-order valence-electron chi connectivity index (χ3n) is 6.03. The number of rotatable bonds is 6. The van der Waals surface area contributed by atoms with Crippen molar-refractivity contribution in [3.05, 3.63) is 131 Å². The molecule has 4 aromatic carbocycles. The second kappa shape index (κ2) is 11.6. The van der Waals surface area contributed by atoms with Gasteiger partial charge in [-0.3, -0.25) is 14.5 Å². The maximum absolute atomic E-state index is 13.8. The summed E-state index contributed by atoms with van der Waals surface area (Å²) in [6.45, 7) is 0. The Bertz CT molecular complexity index is 1410. The van der Waals surface area contributed by atoms with Crippen molar-refractivity contribution in [1.29, 1.82) is 0 Å². The standard InChI is InChI=1S/C30H23ClFN3O2S/c31-22-11-15-25(16-12-22)34-30-35(28(20-7-3-1-4-8-20)21-9-5-2-6-10-21)27(36)19-26(38-30)29(37)33-24-17-13-23(32)14-18-24/h1-18,26,28H,19H2,(H,33,37)/t26-/m0/s1. The lowest BCUT2D eigenvalue weighted by Gasteiger charge is -2.38. The largest absolute Gasteiger partial charge is 0.325 e. The van der Waals surface area contributed by atoms with Crippen molar-refractivity contribution in [2.45, 2.75) is 17.7 Å². The lowest BCUT2D eigenvalue weighted by atomic mass is 9.97. The van der Waals surface area contributed by atoms with Crippen molar-refractivity contribution in [3.63, 3.8) is 0 Å². The Morgan fingerprint density at radius 2 is 1.47 bits per heavy atom. The molecule has 1 N–H and O–H groups in total. The van der Waals surface area contributed by atoms with Crippen molar-refractivity contribution < 1.29 is 14.0 Å². The van der Waals surface area contributed by atoms with Crippen LogP contribution in [-0.4, -0.2) is 27.1 Å². The molecule has 4 aromatic rings. The Kier molecular flexibility index (Phi) is 7.86. The van der Waals surface area contributed by atoms with E-state index < -0.39 is 17.1 Å².